The van der Waals surface area contributed by atoms with Crippen molar-refractivity contribution < 1.29 is 0 Å². The van der Waals surface area contributed by atoms with Crippen LogP contribution in [0.5, 0.6) is 0 Å². The molecule has 0 amide bonds. The van der Waals surface area contributed by atoms with Crippen molar-refractivity contribution in [1.29, 1.82) is 0 Å². The number of aromatic nitrogens is 5. The lowest BCUT2D eigenvalue weighted by atomic mass is 9.71. The van der Waals surface area contributed by atoms with Crippen molar-refractivity contribution in [3.8, 4) is 67.8 Å². The van der Waals surface area contributed by atoms with Gasteiger partial charge in [0.2, 0.25) is 5.95 Å². The lowest BCUT2D eigenvalue weighted by Gasteiger charge is -2.32. The highest BCUT2D eigenvalue weighted by atomic mass is 15.2. The summed E-state index contributed by atoms with van der Waals surface area (Å²) in [5.74, 6) is 2.29. The molecule has 0 radical (unpaired) electrons. The van der Waals surface area contributed by atoms with E-state index < -0.39 is 0 Å². The molecule has 0 N–H and O–H groups in total. The van der Waals surface area contributed by atoms with Crippen molar-refractivity contribution in [3.05, 3.63) is 223 Å². The summed E-state index contributed by atoms with van der Waals surface area (Å²) in [6.45, 7) is 12.0. The van der Waals surface area contributed by atoms with E-state index in [-0.39, 0.29) is 10.8 Å². The molecule has 5 heteroatoms. The van der Waals surface area contributed by atoms with Crippen LogP contribution in [-0.2, 0) is 10.8 Å². The monoisotopic (exact) mass is 901 g/mol. The van der Waals surface area contributed by atoms with Crippen LogP contribution >= 0.6 is 0 Å². The molecule has 0 aliphatic heterocycles. The van der Waals surface area contributed by atoms with Gasteiger partial charge in [0.25, 0.3) is 0 Å². The maximum Gasteiger partial charge on any atom is 0.238 e. The summed E-state index contributed by atoms with van der Waals surface area (Å²) in [5, 5.41) is 4.61. The lowest BCUT2D eigenvalue weighted by molar-refractivity contribution is 0.264. The van der Waals surface area contributed by atoms with Gasteiger partial charge in [-0.3, -0.25) is 4.57 Å². The van der Waals surface area contributed by atoms with Gasteiger partial charge in [-0.25, -0.2) is 4.98 Å². The van der Waals surface area contributed by atoms with E-state index in [2.05, 4.69) is 250 Å². The summed E-state index contributed by atoms with van der Waals surface area (Å²) in [6.07, 6.45) is 0. The van der Waals surface area contributed by atoms with Crippen LogP contribution in [0.2, 0.25) is 0 Å². The number of fused-ring (bicyclic) bond motifs is 8. The van der Waals surface area contributed by atoms with E-state index in [4.69, 9.17) is 15.0 Å². The van der Waals surface area contributed by atoms with E-state index in [0.717, 1.165) is 77.3 Å². The molecule has 12 aromatic rings. The fraction of sp³-hybridized carbons (Fsp3) is 0.123. The third-order valence-corrected chi connectivity index (χ3v) is 15.8. The van der Waals surface area contributed by atoms with Gasteiger partial charge in [0, 0.05) is 38.4 Å². The van der Waals surface area contributed by atoms with Crippen LogP contribution in [0.1, 0.15) is 45.7 Å². The lowest BCUT2D eigenvalue weighted by Crippen LogP contribution is -2.30. The first-order valence-electron chi connectivity index (χ1n) is 24.4. The molecular formula is C65H51N5. The van der Waals surface area contributed by atoms with Crippen LogP contribution in [0.25, 0.3) is 111 Å². The maximum absolute atomic E-state index is 5.46. The highest BCUT2D eigenvalue weighted by molar-refractivity contribution is 6.23. The quantitative estimate of drug-likeness (QED) is 0.160. The Morgan fingerprint density at radius 1 is 0.343 bits per heavy atom. The van der Waals surface area contributed by atoms with Crippen LogP contribution < -0.4 is 0 Å². The minimum atomic E-state index is 0.0842. The van der Waals surface area contributed by atoms with Crippen LogP contribution in [-0.4, -0.2) is 24.1 Å². The maximum atomic E-state index is 5.46. The van der Waals surface area contributed by atoms with Crippen molar-refractivity contribution in [3.63, 3.8) is 0 Å². The Morgan fingerprint density at radius 2 is 0.786 bits per heavy atom. The van der Waals surface area contributed by atoms with E-state index in [0.29, 0.717) is 23.5 Å². The second kappa shape index (κ2) is 15.8. The van der Waals surface area contributed by atoms with Gasteiger partial charge >= 0.3 is 0 Å². The van der Waals surface area contributed by atoms with E-state index >= 15 is 0 Å². The van der Waals surface area contributed by atoms with Crippen LogP contribution in [0.15, 0.2) is 212 Å². The summed E-state index contributed by atoms with van der Waals surface area (Å²) in [7, 11) is 0. The molecule has 1 aliphatic rings. The van der Waals surface area contributed by atoms with Gasteiger partial charge in [0.15, 0.2) is 11.6 Å². The van der Waals surface area contributed by atoms with Gasteiger partial charge in [-0.15, -0.1) is 0 Å². The zero-order chi connectivity index (χ0) is 47.3. The zero-order valence-corrected chi connectivity index (χ0v) is 40.0. The summed E-state index contributed by atoms with van der Waals surface area (Å²) >= 11 is 0. The topological polar surface area (TPSA) is 48.5 Å². The van der Waals surface area contributed by atoms with Crippen molar-refractivity contribution in [2.45, 2.75) is 45.4 Å². The Bertz CT molecular complexity index is 3990. The fourth-order valence-corrected chi connectivity index (χ4v) is 11.6. The molecule has 0 fully saturated rings. The van der Waals surface area contributed by atoms with Crippen molar-refractivity contribution >= 4 is 43.6 Å². The number of para-hydroxylation sites is 2. The Labute approximate surface area is 408 Å². The minimum Gasteiger partial charge on any atom is -0.307 e. The first-order valence-corrected chi connectivity index (χ1v) is 24.4. The van der Waals surface area contributed by atoms with E-state index in [1.54, 1.807) is 0 Å². The fourth-order valence-electron chi connectivity index (χ4n) is 11.6. The van der Waals surface area contributed by atoms with E-state index in [1.165, 1.54) is 27.6 Å². The first kappa shape index (κ1) is 41.8. The molecule has 70 heavy (non-hydrogen) atoms. The molecule has 9 aromatic carbocycles. The summed E-state index contributed by atoms with van der Waals surface area (Å²) in [6, 6.07) is 76.4. The molecule has 0 saturated heterocycles. The molecule has 1 unspecified atom stereocenters. The van der Waals surface area contributed by atoms with Gasteiger partial charge in [-0.05, 0) is 91.6 Å². The number of benzene rings is 9. The van der Waals surface area contributed by atoms with Crippen molar-refractivity contribution in [1.82, 2.24) is 24.1 Å². The second-order valence-electron chi connectivity index (χ2n) is 20.2. The van der Waals surface area contributed by atoms with Crippen LogP contribution in [0.4, 0.5) is 0 Å². The Balaban J connectivity index is 1.04. The van der Waals surface area contributed by atoms with Crippen molar-refractivity contribution in [2.75, 3.05) is 0 Å². The number of hydrogen-bond donors (Lipinski definition) is 0. The third kappa shape index (κ3) is 6.49. The summed E-state index contributed by atoms with van der Waals surface area (Å²) in [4.78, 5) is 16.2. The third-order valence-electron chi connectivity index (χ3n) is 15.8. The predicted molar refractivity (Wildman–Crippen MR) is 291 cm³/mol. The van der Waals surface area contributed by atoms with Gasteiger partial charge < -0.3 is 4.57 Å². The predicted octanol–water partition coefficient (Wildman–Crippen LogP) is 16.6. The second-order valence-corrected chi connectivity index (χ2v) is 20.2. The molecule has 3 heterocycles. The number of rotatable bonds is 7. The minimum absolute atomic E-state index is 0.0842. The summed E-state index contributed by atoms with van der Waals surface area (Å²) in [5.41, 5.74) is 17.3. The van der Waals surface area contributed by atoms with Gasteiger partial charge in [-0.2, -0.15) is 9.97 Å². The molecule has 13 rings (SSSR count). The molecule has 336 valence electrons. The molecule has 0 bridgehead atoms. The highest BCUT2D eigenvalue weighted by Crippen LogP contribution is 2.54. The molecule has 1 atom stereocenters. The normalized spacial score (nSPS) is 15.0. The highest BCUT2D eigenvalue weighted by Gasteiger charge is 2.48. The largest absolute Gasteiger partial charge is 0.307 e. The molecule has 0 saturated carbocycles. The Hall–Kier alpha value is -8.41. The summed E-state index contributed by atoms with van der Waals surface area (Å²) < 4.78 is 4.72. The van der Waals surface area contributed by atoms with Gasteiger partial charge in [0.1, 0.15) is 0 Å². The molecule has 3 aromatic heterocycles. The van der Waals surface area contributed by atoms with Crippen molar-refractivity contribution in [2.24, 2.45) is 5.92 Å². The SMILES string of the molecule is CC1C(C)(C)c2ccc(-c3ccc(-n4c5ccccc5c5ccc6c7ccccc7n(-c7nc(-c8ccc(-c9ccccc9)cc8)nc(-c8cccc(-c9ccccc9)c8)n7)c6c54)cc3)cc2C1(C)C. The Kier molecular flexibility index (Phi) is 9.44. The number of nitrogens with zero attached hydrogens (tertiary/aromatic N) is 5. The average molecular weight is 902 g/mol. The molecule has 1 aliphatic carbocycles. The van der Waals surface area contributed by atoms with Crippen LogP contribution in [0.3, 0.4) is 0 Å². The van der Waals surface area contributed by atoms with E-state index in [9.17, 15) is 0 Å². The Morgan fingerprint density at radius 3 is 1.44 bits per heavy atom. The zero-order valence-electron chi connectivity index (χ0n) is 40.0. The van der Waals surface area contributed by atoms with Crippen LogP contribution in [0, 0.1) is 5.92 Å². The molecule has 0 spiro atoms. The molecule has 5 nitrogen and oxygen atoms in total. The molecular weight excluding hydrogens is 851 g/mol. The number of hydrogen-bond acceptors (Lipinski definition) is 3. The van der Waals surface area contributed by atoms with Gasteiger partial charge in [0.05, 0.1) is 22.1 Å². The van der Waals surface area contributed by atoms with E-state index in [1.807, 2.05) is 6.07 Å². The standard InChI is InChI=1S/C65H51N5/c1-41-64(2,3)55-38-33-48(40-56(55)65(41,4)5)45-31-34-50(35-32-45)69-57-25-14-12-23-51(57)53-36-37-54-52-24-13-15-26-58(52)70(60(54)59(53)69)63-67-61(46-29-27-44(28-30-46)42-17-8-6-9-18-42)66-62(68-63)49-22-16-21-47(39-49)43-19-10-7-11-20-43/h6-41H,1-5H3. The average Bonchev–Trinajstić information content (AvgIpc) is 3.98. The van der Waals surface area contributed by atoms with Gasteiger partial charge in [-0.1, -0.05) is 217 Å². The smallest absolute Gasteiger partial charge is 0.238 e. The first-order chi connectivity index (χ1) is 34.1.